The van der Waals surface area contributed by atoms with Crippen molar-refractivity contribution in [2.45, 2.75) is 31.5 Å². The molecule has 12 heteroatoms. The number of rotatable bonds is 7. The number of hydrogen-bond acceptors (Lipinski definition) is 7. The predicted molar refractivity (Wildman–Crippen MR) is 154 cm³/mol. The van der Waals surface area contributed by atoms with Crippen LogP contribution in [-0.2, 0) is 20.8 Å². The minimum absolute atomic E-state index is 0.0679. The molecule has 1 aliphatic heterocycles. The zero-order valence-electron chi connectivity index (χ0n) is 21.8. The van der Waals surface area contributed by atoms with Crippen molar-refractivity contribution in [1.29, 1.82) is 0 Å². The van der Waals surface area contributed by atoms with Crippen molar-refractivity contribution in [2.24, 2.45) is 0 Å². The Morgan fingerprint density at radius 3 is 2.49 bits per heavy atom. The van der Waals surface area contributed by atoms with Gasteiger partial charge in [0.2, 0.25) is 0 Å². The molecule has 39 heavy (non-hydrogen) atoms. The summed E-state index contributed by atoms with van der Waals surface area (Å²) in [7, 11) is -3.99. The highest BCUT2D eigenvalue weighted by atomic mass is 32.2. The lowest BCUT2D eigenvalue weighted by atomic mass is 10.1. The average Bonchev–Trinajstić information content (AvgIpc) is 3.19. The quantitative estimate of drug-likeness (QED) is 0.268. The lowest BCUT2D eigenvalue weighted by molar-refractivity contribution is -0.126. The van der Waals surface area contributed by atoms with Crippen LogP contribution in [0.2, 0.25) is 0 Å². The number of anilines is 2. The summed E-state index contributed by atoms with van der Waals surface area (Å²) in [5.41, 5.74) is 1.45. The van der Waals surface area contributed by atoms with E-state index in [1.165, 1.54) is 18.4 Å². The second kappa shape index (κ2) is 11.4. The number of alkyl halides is 3. The first-order chi connectivity index (χ1) is 18.3. The Morgan fingerprint density at radius 1 is 1.13 bits per heavy atom. The van der Waals surface area contributed by atoms with Crippen molar-refractivity contribution in [3.63, 3.8) is 0 Å². The summed E-state index contributed by atoms with van der Waals surface area (Å²) in [6.45, 7) is 3.50. The van der Waals surface area contributed by atoms with Gasteiger partial charge in [-0.1, -0.05) is 24.0 Å². The minimum atomic E-state index is -4.41. The molecule has 0 unspecified atom stereocenters. The van der Waals surface area contributed by atoms with Gasteiger partial charge in [-0.2, -0.15) is 13.2 Å². The third kappa shape index (κ3) is 7.50. The van der Waals surface area contributed by atoms with E-state index in [0.717, 1.165) is 0 Å². The largest absolute Gasteiger partial charge is 0.495 e. The number of fused-ring (bicyclic) bond motifs is 1. The Kier molecular flexibility index (Phi) is 8.60. The molecule has 0 radical (unpaired) electrons. The molecule has 4 rings (SSSR count). The molecule has 6 nitrogen and oxygen atoms in total. The van der Waals surface area contributed by atoms with Crippen LogP contribution in [0, 0.1) is 11.8 Å². The normalized spacial score (nSPS) is 15.9. The van der Waals surface area contributed by atoms with Gasteiger partial charge in [0.15, 0.2) is 0 Å². The van der Waals surface area contributed by atoms with Crippen LogP contribution in [0.1, 0.15) is 23.3 Å². The van der Waals surface area contributed by atoms with Crippen LogP contribution in [0.4, 0.5) is 24.5 Å². The summed E-state index contributed by atoms with van der Waals surface area (Å²) in [5.74, 6) is 6.55. The predicted octanol–water partition coefficient (Wildman–Crippen LogP) is 5.72. The maximum Gasteiger partial charge on any atom is 0.393 e. The maximum absolute atomic E-state index is 13.5. The van der Waals surface area contributed by atoms with Crippen molar-refractivity contribution in [1.82, 2.24) is 0 Å². The van der Waals surface area contributed by atoms with Crippen molar-refractivity contribution < 1.29 is 30.9 Å². The fourth-order valence-electron chi connectivity index (χ4n) is 4.44. The van der Waals surface area contributed by atoms with Crippen LogP contribution in [0.25, 0.3) is 10.1 Å². The van der Waals surface area contributed by atoms with E-state index in [2.05, 4.69) is 22.5 Å². The molecule has 3 aromatic rings. The van der Waals surface area contributed by atoms with Crippen LogP contribution in [0.15, 0.2) is 36.4 Å². The van der Waals surface area contributed by atoms with Crippen LogP contribution in [0.5, 0.6) is 5.75 Å². The molecular weight excluding hydrogens is 568 g/mol. The van der Waals surface area contributed by atoms with Crippen molar-refractivity contribution in [2.75, 3.05) is 49.1 Å². The molecule has 0 bridgehead atoms. The van der Waals surface area contributed by atoms with Gasteiger partial charge in [-0.05, 0) is 61.4 Å². The van der Waals surface area contributed by atoms with Crippen LogP contribution in [0.3, 0.4) is 0 Å². The lowest BCUT2D eigenvalue weighted by Gasteiger charge is -2.24. The SMILES string of the molecule is COc1cc(P(C)(C)=O)ccc1NCC#Cc1sc2c(NC3CCS(=O)(=O)CC3)cccc2c1CC(F)(F)F. The molecule has 0 spiro atoms. The van der Waals surface area contributed by atoms with Crippen molar-refractivity contribution in [3.8, 4) is 17.6 Å². The summed E-state index contributed by atoms with van der Waals surface area (Å²) in [6.07, 6.45) is -4.59. The number of sulfone groups is 1. The highest BCUT2D eigenvalue weighted by Crippen LogP contribution is 2.40. The van der Waals surface area contributed by atoms with Crippen LogP contribution in [-0.4, -0.2) is 59.1 Å². The van der Waals surface area contributed by atoms with Gasteiger partial charge in [-0.3, -0.25) is 0 Å². The van der Waals surface area contributed by atoms with Gasteiger partial charge in [-0.25, -0.2) is 8.42 Å². The van der Waals surface area contributed by atoms with E-state index in [1.807, 2.05) is 0 Å². The summed E-state index contributed by atoms with van der Waals surface area (Å²) in [5, 5.41) is 7.64. The van der Waals surface area contributed by atoms with Gasteiger partial charge in [-0.15, -0.1) is 11.3 Å². The fraction of sp³-hybridized carbons (Fsp3) is 0.407. The Bertz CT molecular complexity index is 1570. The number of hydrogen-bond donors (Lipinski definition) is 2. The number of halogens is 3. The number of thiophene rings is 1. The van der Waals surface area contributed by atoms with Gasteiger partial charge in [0.05, 0.1) is 52.5 Å². The molecule has 1 aromatic heterocycles. The summed E-state index contributed by atoms with van der Waals surface area (Å²) in [4.78, 5) is 0.338. The molecule has 2 N–H and O–H groups in total. The smallest absolute Gasteiger partial charge is 0.393 e. The Balaban J connectivity index is 1.59. The zero-order chi connectivity index (χ0) is 28.4. The Hall–Kier alpha value is -2.67. The molecule has 2 heterocycles. The van der Waals surface area contributed by atoms with Crippen molar-refractivity contribution >= 4 is 55.1 Å². The molecular formula is C27H30F3N2O4PS2. The lowest BCUT2D eigenvalue weighted by Crippen LogP contribution is -2.32. The monoisotopic (exact) mass is 598 g/mol. The number of ether oxygens (including phenoxy) is 1. The Labute approximate surface area is 230 Å². The first-order valence-electron chi connectivity index (χ1n) is 12.3. The highest BCUT2D eigenvalue weighted by Gasteiger charge is 2.31. The van der Waals surface area contributed by atoms with Crippen LogP contribution >= 0.6 is 18.5 Å². The number of nitrogens with one attached hydrogen (secondary N) is 2. The molecule has 0 amide bonds. The first-order valence-corrected chi connectivity index (χ1v) is 17.5. The number of methoxy groups -OCH3 is 1. The molecule has 0 saturated carbocycles. The molecule has 1 fully saturated rings. The molecule has 1 aliphatic rings. The van der Waals surface area contributed by atoms with E-state index in [1.54, 1.807) is 49.7 Å². The number of benzene rings is 2. The zero-order valence-corrected chi connectivity index (χ0v) is 24.3. The highest BCUT2D eigenvalue weighted by molar-refractivity contribution is 7.91. The molecule has 0 atom stereocenters. The third-order valence-corrected chi connectivity index (χ3v) is 10.9. The molecule has 0 aliphatic carbocycles. The molecule has 210 valence electrons. The van der Waals surface area contributed by atoms with Gasteiger partial charge in [0.1, 0.15) is 22.7 Å². The third-order valence-electron chi connectivity index (χ3n) is 6.49. The van der Waals surface area contributed by atoms with E-state index < -0.39 is 29.6 Å². The summed E-state index contributed by atoms with van der Waals surface area (Å²) in [6, 6.07) is 10.3. The average molecular weight is 599 g/mol. The van der Waals surface area contributed by atoms with E-state index in [9.17, 15) is 26.2 Å². The van der Waals surface area contributed by atoms with E-state index in [4.69, 9.17) is 4.74 Å². The van der Waals surface area contributed by atoms with Crippen LogP contribution < -0.4 is 20.7 Å². The second-order valence-corrected chi connectivity index (χ2v) is 16.4. The van der Waals surface area contributed by atoms with E-state index >= 15 is 0 Å². The second-order valence-electron chi connectivity index (χ2n) is 9.85. The first kappa shape index (κ1) is 29.3. The van der Waals surface area contributed by atoms with Gasteiger partial charge in [0, 0.05) is 11.3 Å². The minimum Gasteiger partial charge on any atom is -0.495 e. The van der Waals surface area contributed by atoms with Gasteiger partial charge < -0.3 is 19.9 Å². The van der Waals surface area contributed by atoms with Crippen molar-refractivity contribution in [3.05, 3.63) is 46.8 Å². The van der Waals surface area contributed by atoms with E-state index in [0.29, 0.717) is 50.2 Å². The van der Waals surface area contributed by atoms with Gasteiger partial charge in [0.25, 0.3) is 0 Å². The standard InChI is InChI=1S/C27H30F3N2O4PS2/c1-36-24-16-19(37(2,3)33)9-10-22(24)31-13-5-8-25-21(17-27(28,29)30)20-6-4-7-23(26(20)38-25)32-18-11-14-39(34,35)15-12-18/h4,6-7,9-10,16,18,31-32H,11-15,17H2,1-3H3. The van der Waals surface area contributed by atoms with Gasteiger partial charge >= 0.3 is 6.18 Å². The maximum atomic E-state index is 13.5. The summed E-state index contributed by atoms with van der Waals surface area (Å²) >= 11 is 1.20. The fourth-order valence-corrected chi connectivity index (χ4v) is 7.96. The molecule has 1 saturated heterocycles. The Morgan fingerprint density at radius 2 is 1.85 bits per heavy atom. The van der Waals surface area contributed by atoms with E-state index in [-0.39, 0.29) is 29.7 Å². The topological polar surface area (TPSA) is 84.5 Å². The summed E-state index contributed by atoms with van der Waals surface area (Å²) < 4.78 is 82.6. The molecule has 2 aromatic carbocycles.